The fourth-order valence-corrected chi connectivity index (χ4v) is 2.93. The maximum atomic E-state index is 5.97. The average Bonchev–Trinajstić information content (AvgIpc) is 2.45. The summed E-state index contributed by atoms with van der Waals surface area (Å²) in [6.45, 7) is 11.0. The van der Waals surface area contributed by atoms with Crippen molar-refractivity contribution in [1.29, 1.82) is 0 Å². The van der Waals surface area contributed by atoms with Crippen molar-refractivity contribution >= 4 is 11.6 Å². The highest BCUT2D eigenvalue weighted by Gasteiger charge is 2.25. The first kappa shape index (κ1) is 18.3. The number of hydrogen-bond acceptors (Lipinski definition) is 0. The molecule has 0 aliphatic heterocycles. The first-order chi connectivity index (χ1) is 9.98. The minimum Gasteiger partial charge on any atom is -0.0996 e. The monoisotopic (exact) mass is 306 g/mol. The van der Waals surface area contributed by atoms with Crippen LogP contribution in [0.4, 0.5) is 0 Å². The van der Waals surface area contributed by atoms with Crippen LogP contribution < -0.4 is 0 Å². The Morgan fingerprint density at radius 1 is 1.05 bits per heavy atom. The van der Waals surface area contributed by atoms with Crippen molar-refractivity contribution in [3.63, 3.8) is 0 Å². The van der Waals surface area contributed by atoms with E-state index in [1.54, 1.807) is 0 Å². The van der Waals surface area contributed by atoms with E-state index in [9.17, 15) is 0 Å². The number of benzene rings is 1. The molecule has 0 bridgehead atoms. The SMILES string of the molecule is C=C(C)C(C)(CCCCCCCC)Cc1ccc(Cl)cc1. The van der Waals surface area contributed by atoms with E-state index in [0.29, 0.717) is 0 Å². The third-order valence-corrected chi connectivity index (χ3v) is 4.87. The molecule has 0 N–H and O–H groups in total. The molecule has 0 saturated carbocycles. The van der Waals surface area contributed by atoms with Crippen molar-refractivity contribution < 1.29 is 0 Å². The average molecular weight is 307 g/mol. The van der Waals surface area contributed by atoms with Gasteiger partial charge in [-0.25, -0.2) is 0 Å². The Hall–Kier alpha value is -0.750. The third-order valence-electron chi connectivity index (χ3n) is 4.62. The van der Waals surface area contributed by atoms with Gasteiger partial charge < -0.3 is 0 Å². The van der Waals surface area contributed by atoms with Gasteiger partial charge in [-0.1, -0.05) is 88.3 Å². The summed E-state index contributed by atoms with van der Waals surface area (Å²) in [5, 5.41) is 0.812. The summed E-state index contributed by atoms with van der Waals surface area (Å²) < 4.78 is 0. The van der Waals surface area contributed by atoms with E-state index < -0.39 is 0 Å². The van der Waals surface area contributed by atoms with Gasteiger partial charge in [0.1, 0.15) is 0 Å². The Morgan fingerprint density at radius 2 is 1.62 bits per heavy atom. The summed E-state index contributed by atoms with van der Waals surface area (Å²) in [6, 6.07) is 8.26. The molecule has 0 aliphatic rings. The Balaban J connectivity index is 2.49. The Morgan fingerprint density at radius 3 is 2.19 bits per heavy atom. The van der Waals surface area contributed by atoms with Gasteiger partial charge in [0.2, 0.25) is 0 Å². The molecule has 1 atom stereocenters. The largest absolute Gasteiger partial charge is 0.0996 e. The normalized spacial score (nSPS) is 13.9. The molecule has 1 aromatic carbocycles. The van der Waals surface area contributed by atoms with Gasteiger partial charge >= 0.3 is 0 Å². The molecule has 0 nitrogen and oxygen atoms in total. The van der Waals surface area contributed by atoms with E-state index in [4.69, 9.17) is 11.6 Å². The fraction of sp³-hybridized carbons (Fsp3) is 0.600. The molecule has 1 rings (SSSR count). The highest BCUT2D eigenvalue weighted by atomic mass is 35.5. The molecule has 1 unspecified atom stereocenters. The zero-order chi connectivity index (χ0) is 15.7. The highest BCUT2D eigenvalue weighted by molar-refractivity contribution is 6.30. The molecule has 1 aromatic rings. The molecule has 0 radical (unpaired) electrons. The van der Waals surface area contributed by atoms with Gasteiger partial charge in [-0.3, -0.25) is 0 Å². The van der Waals surface area contributed by atoms with Gasteiger partial charge in [0.15, 0.2) is 0 Å². The van der Waals surface area contributed by atoms with E-state index in [1.165, 1.54) is 56.1 Å². The first-order valence-corrected chi connectivity index (χ1v) is 8.76. The van der Waals surface area contributed by atoms with E-state index in [1.807, 2.05) is 12.1 Å². The van der Waals surface area contributed by atoms with Gasteiger partial charge in [-0.2, -0.15) is 0 Å². The lowest BCUT2D eigenvalue weighted by Gasteiger charge is -2.31. The third kappa shape index (κ3) is 6.70. The van der Waals surface area contributed by atoms with Crippen LogP contribution >= 0.6 is 11.6 Å². The number of hydrogen-bond donors (Lipinski definition) is 0. The second kappa shape index (κ2) is 9.30. The zero-order valence-corrected chi connectivity index (χ0v) is 14.8. The number of unbranched alkanes of at least 4 members (excludes halogenated alkanes) is 5. The summed E-state index contributed by atoms with van der Waals surface area (Å²) in [4.78, 5) is 0. The van der Waals surface area contributed by atoms with Crippen molar-refractivity contribution in [2.24, 2.45) is 5.41 Å². The van der Waals surface area contributed by atoms with Gasteiger partial charge in [-0.05, 0) is 42.9 Å². The van der Waals surface area contributed by atoms with Crippen LogP contribution in [0.15, 0.2) is 36.4 Å². The molecule has 21 heavy (non-hydrogen) atoms. The second-order valence-corrected chi connectivity index (χ2v) is 7.10. The van der Waals surface area contributed by atoms with Crippen LogP contribution in [-0.2, 0) is 6.42 Å². The lowest BCUT2D eigenvalue weighted by atomic mass is 9.74. The van der Waals surface area contributed by atoms with Crippen LogP contribution in [0.25, 0.3) is 0 Å². The summed E-state index contributed by atoms with van der Waals surface area (Å²) in [6.07, 6.45) is 10.4. The molecule has 0 amide bonds. The Kier molecular flexibility index (Phi) is 8.11. The summed E-state index contributed by atoms with van der Waals surface area (Å²) >= 11 is 5.97. The minimum atomic E-state index is 0.207. The van der Waals surface area contributed by atoms with Gasteiger partial charge in [0.25, 0.3) is 0 Å². The first-order valence-electron chi connectivity index (χ1n) is 8.38. The predicted octanol–water partition coefficient (Wildman–Crippen LogP) is 7.22. The van der Waals surface area contributed by atoms with E-state index in [2.05, 4.69) is 39.5 Å². The number of allylic oxidation sites excluding steroid dienone is 1. The smallest absolute Gasteiger partial charge is 0.0406 e. The van der Waals surface area contributed by atoms with E-state index in [0.717, 1.165) is 11.4 Å². The summed E-state index contributed by atoms with van der Waals surface area (Å²) in [7, 11) is 0. The molecule has 0 heterocycles. The van der Waals surface area contributed by atoms with Crippen LogP contribution in [0.5, 0.6) is 0 Å². The predicted molar refractivity (Wildman–Crippen MR) is 96.1 cm³/mol. The van der Waals surface area contributed by atoms with Gasteiger partial charge in [-0.15, -0.1) is 0 Å². The van der Waals surface area contributed by atoms with Crippen molar-refractivity contribution in [2.75, 3.05) is 0 Å². The molecular weight excluding hydrogens is 276 g/mol. The fourth-order valence-electron chi connectivity index (χ4n) is 2.80. The molecule has 0 aliphatic carbocycles. The van der Waals surface area contributed by atoms with Crippen molar-refractivity contribution in [3.05, 3.63) is 47.0 Å². The van der Waals surface area contributed by atoms with Crippen LogP contribution in [-0.4, -0.2) is 0 Å². The molecule has 0 saturated heterocycles. The molecule has 0 spiro atoms. The lowest BCUT2D eigenvalue weighted by molar-refractivity contribution is 0.344. The zero-order valence-electron chi connectivity index (χ0n) is 14.1. The lowest BCUT2D eigenvalue weighted by Crippen LogP contribution is -2.20. The van der Waals surface area contributed by atoms with E-state index in [-0.39, 0.29) is 5.41 Å². The van der Waals surface area contributed by atoms with Gasteiger partial charge in [0.05, 0.1) is 0 Å². The molecule has 0 aromatic heterocycles. The summed E-state index contributed by atoms with van der Waals surface area (Å²) in [5.74, 6) is 0. The number of rotatable bonds is 10. The molecule has 118 valence electrons. The minimum absolute atomic E-state index is 0.207. The van der Waals surface area contributed by atoms with Crippen molar-refractivity contribution in [1.82, 2.24) is 0 Å². The molecule has 0 fully saturated rings. The Labute approximate surface area is 136 Å². The van der Waals surface area contributed by atoms with Crippen LogP contribution in [0, 0.1) is 5.41 Å². The van der Waals surface area contributed by atoms with Crippen LogP contribution in [0.2, 0.25) is 5.02 Å². The topological polar surface area (TPSA) is 0 Å². The van der Waals surface area contributed by atoms with Gasteiger partial charge in [0, 0.05) is 5.02 Å². The molecular formula is C20H31Cl. The maximum Gasteiger partial charge on any atom is 0.0406 e. The number of halogens is 1. The Bertz CT molecular complexity index is 418. The highest BCUT2D eigenvalue weighted by Crippen LogP contribution is 2.36. The van der Waals surface area contributed by atoms with Crippen LogP contribution in [0.1, 0.15) is 71.3 Å². The second-order valence-electron chi connectivity index (χ2n) is 6.66. The maximum absolute atomic E-state index is 5.97. The van der Waals surface area contributed by atoms with Crippen molar-refractivity contribution in [2.45, 2.75) is 72.1 Å². The quantitative estimate of drug-likeness (QED) is 0.316. The summed E-state index contributed by atoms with van der Waals surface area (Å²) in [5.41, 5.74) is 2.86. The molecule has 1 heteroatoms. The van der Waals surface area contributed by atoms with Crippen LogP contribution in [0.3, 0.4) is 0 Å². The van der Waals surface area contributed by atoms with Crippen molar-refractivity contribution in [3.8, 4) is 0 Å². The van der Waals surface area contributed by atoms with E-state index >= 15 is 0 Å². The standard InChI is InChI=1S/C20H31Cl/c1-5-6-7-8-9-10-15-20(4,17(2)3)16-18-11-13-19(21)14-12-18/h11-14H,2,5-10,15-16H2,1,3-4H3.